The van der Waals surface area contributed by atoms with Crippen molar-refractivity contribution in [2.24, 2.45) is 0 Å². The van der Waals surface area contributed by atoms with E-state index in [0.717, 1.165) is 29.1 Å². The molecule has 23 heavy (non-hydrogen) atoms. The first-order valence-corrected chi connectivity index (χ1v) is 8.39. The van der Waals surface area contributed by atoms with Crippen molar-refractivity contribution >= 4 is 22.5 Å². The number of benzene rings is 1. The number of ether oxygens (including phenoxy) is 1. The second-order valence-electron chi connectivity index (χ2n) is 5.40. The standard InChI is InChI=1S/C15H15N5O2S/c21-14-13-4-2-1-3-12(13)10(7-16-14)9-23-15-17-18-19-20(15)11-5-6-22-8-11/h1-4,7,11H,5-6,8-9H2,(H,16,21). The molecule has 118 valence electrons. The molecular formula is C15H15N5O2S. The Morgan fingerprint density at radius 1 is 1.35 bits per heavy atom. The van der Waals surface area contributed by atoms with Crippen LogP contribution >= 0.6 is 11.8 Å². The second kappa shape index (κ2) is 6.13. The quantitative estimate of drug-likeness (QED) is 0.734. The highest BCUT2D eigenvalue weighted by atomic mass is 32.2. The first-order valence-electron chi connectivity index (χ1n) is 7.40. The predicted molar refractivity (Wildman–Crippen MR) is 86.4 cm³/mol. The van der Waals surface area contributed by atoms with Gasteiger partial charge in [0.25, 0.3) is 5.56 Å². The first-order chi connectivity index (χ1) is 11.3. The highest BCUT2D eigenvalue weighted by molar-refractivity contribution is 7.98. The number of pyridine rings is 1. The van der Waals surface area contributed by atoms with Gasteiger partial charge in [0.1, 0.15) is 0 Å². The Labute approximate surface area is 136 Å². The summed E-state index contributed by atoms with van der Waals surface area (Å²) >= 11 is 1.56. The number of hydrogen-bond acceptors (Lipinski definition) is 6. The van der Waals surface area contributed by atoms with E-state index in [4.69, 9.17) is 4.74 Å². The van der Waals surface area contributed by atoms with Gasteiger partial charge < -0.3 is 9.72 Å². The van der Waals surface area contributed by atoms with E-state index in [1.807, 2.05) is 28.9 Å². The third-order valence-electron chi connectivity index (χ3n) is 3.97. The van der Waals surface area contributed by atoms with Crippen molar-refractivity contribution in [3.63, 3.8) is 0 Å². The van der Waals surface area contributed by atoms with Crippen LogP contribution in [0.3, 0.4) is 0 Å². The van der Waals surface area contributed by atoms with Gasteiger partial charge in [0.2, 0.25) is 5.16 Å². The minimum atomic E-state index is -0.0673. The molecule has 1 aromatic carbocycles. The van der Waals surface area contributed by atoms with Gasteiger partial charge in [0, 0.05) is 23.9 Å². The number of hydrogen-bond donors (Lipinski definition) is 1. The van der Waals surface area contributed by atoms with Crippen molar-refractivity contribution in [2.45, 2.75) is 23.4 Å². The topological polar surface area (TPSA) is 85.7 Å². The molecule has 1 atom stereocenters. The van der Waals surface area contributed by atoms with E-state index in [2.05, 4.69) is 20.5 Å². The number of thioether (sulfide) groups is 1. The molecule has 3 heterocycles. The fourth-order valence-corrected chi connectivity index (χ4v) is 3.69. The van der Waals surface area contributed by atoms with E-state index in [1.54, 1.807) is 18.0 Å². The van der Waals surface area contributed by atoms with Crippen LogP contribution in [-0.4, -0.2) is 38.4 Å². The molecule has 1 unspecified atom stereocenters. The molecule has 1 aliphatic heterocycles. The monoisotopic (exact) mass is 329 g/mol. The Morgan fingerprint density at radius 3 is 3.04 bits per heavy atom. The molecule has 1 aliphatic rings. The normalized spacial score (nSPS) is 17.8. The fraction of sp³-hybridized carbons (Fsp3) is 0.333. The molecule has 0 radical (unpaired) electrons. The van der Waals surface area contributed by atoms with E-state index < -0.39 is 0 Å². The average molecular weight is 329 g/mol. The summed E-state index contributed by atoms with van der Waals surface area (Å²) < 4.78 is 7.24. The summed E-state index contributed by atoms with van der Waals surface area (Å²) in [7, 11) is 0. The minimum absolute atomic E-state index is 0.0673. The van der Waals surface area contributed by atoms with Crippen LogP contribution < -0.4 is 5.56 Å². The van der Waals surface area contributed by atoms with Crippen LogP contribution in [0.15, 0.2) is 40.4 Å². The lowest BCUT2D eigenvalue weighted by Crippen LogP contribution is -2.12. The zero-order valence-corrected chi connectivity index (χ0v) is 13.1. The molecule has 0 bridgehead atoms. The summed E-state index contributed by atoms with van der Waals surface area (Å²) in [6, 6.07) is 7.82. The smallest absolute Gasteiger partial charge is 0.255 e. The molecule has 3 aromatic rings. The van der Waals surface area contributed by atoms with Crippen LogP contribution in [0.5, 0.6) is 0 Å². The highest BCUT2D eigenvalue weighted by Gasteiger charge is 2.22. The van der Waals surface area contributed by atoms with Gasteiger partial charge in [-0.25, -0.2) is 4.68 Å². The summed E-state index contributed by atoms with van der Waals surface area (Å²) in [5, 5.41) is 14.4. The maximum Gasteiger partial charge on any atom is 0.255 e. The van der Waals surface area contributed by atoms with Crippen molar-refractivity contribution < 1.29 is 4.74 Å². The number of tetrazole rings is 1. The van der Waals surface area contributed by atoms with E-state index in [-0.39, 0.29) is 11.6 Å². The van der Waals surface area contributed by atoms with Gasteiger partial charge in [-0.05, 0) is 33.9 Å². The van der Waals surface area contributed by atoms with Crippen LogP contribution in [0.2, 0.25) is 0 Å². The number of H-pyrrole nitrogens is 1. The van der Waals surface area contributed by atoms with Crippen molar-refractivity contribution in [2.75, 3.05) is 13.2 Å². The Bertz CT molecular complexity index is 885. The van der Waals surface area contributed by atoms with Gasteiger partial charge in [-0.2, -0.15) is 0 Å². The van der Waals surface area contributed by atoms with Crippen molar-refractivity contribution in [1.29, 1.82) is 0 Å². The molecule has 4 rings (SSSR count). The van der Waals surface area contributed by atoms with Crippen LogP contribution in [0, 0.1) is 0 Å². The Kier molecular flexibility index (Phi) is 3.84. The molecule has 7 nitrogen and oxygen atoms in total. The fourth-order valence-electron chi connectivity index (χ4n) is 2.76. The molecule has 0 spiro atoms. The summed E-state index contributed by atoms with van der Waals surface area (Å²) in [6.45, 7) is 1.40. The highest BCUT2D eigenvalue weighted by Crippen LogP contribution is 2.27. The Morgan fingerprint density at radius 2 is 2.22 bits per heavy atom. The van der Waals surface area contributed by atoms with Crippen molar-refractivity contribution in [3.05, 3.63) is 46.4 Å². The maximum absolute atomic E-state index is 11.9. The average Bonchev–Trinajstić information content (AvgIpc) is 3.25. The predicted octanol–water partition coefficient (Wildman–Crippen LogP) is 1.77. The van der Waals surface area contributed by atoms with Crippen LogP contribution in [0.25, 0.3) is 10.8 Å². The maximum atomic E-state index is 11.9. The van der Waals surface area contributed by atoms with E-state index in [9.17, 15) is 4.79 Å². The number of nitrogens with one attached hydrogen (secondary N) is 1. The number of fused-ring (bicyclic) bond motifs is 1. The molecule has 0 aliphatic carbocycles. The molecule has 1 N–H and O–H groups in total. The third-order valence-corrected chi connectivity index (χ3v) is 4.95. The summed E-state index contributed by atoms with van der Waals surface area (Å²) in [4.78, 5) is 14.7. The Balaban J connectivity index is 1.60. The van der Waals surface area contributed by atoms with E-state index in [1.165, 1.54) is 0 Å². The van der Waals surface area contributed by atoms with Gasteiger partial charge in [-0.3, -0.25) is 4.79 Å². The number of aromatic amines is 1. The first kappa shape index (κ1) is 14.4. The number of rotatable bonds is 4. The summed E-state index contributed by atoms with van der Waals surface area (Å²) in [6.07, 6.45) is 2.70. The lowest BCUT2D eigenvalue weighted by Gasteiger charge is -2.10. The SMILES string of the molecule is O=c1[nH]cc(CSc2nnnn2C2CCOC2)c2ccccc12. The van der Waals surface area contributed by atoms with Crippen molar-refractivity contribution in [3.8, 4) is 0 Å². The zero-order valence-electron chi connectivity index (χ0n) is 12.3. The molecule has 8 heteroatoms. The minimum Gasteiger partial charge on any atom is -0.379 e. The number of aromatic nitrogens is 5. The lowest BCUT2D eigenvalue weighted by atomic mass is 10.1. The van der Waals surface area contributed by atoms with Gasteiger partial charge in [0.15, 0.2) is 0 Å². The van der Waals surface area contributed by atoms with Crippen LogP contribution in [0.1, 0.15) is 18.0 Å². The van der Waals surface area contributed by atoms with Crippen LogP contribution in [0.4, 0.5) is 0 Å². The molecule has 1 fully saturated rings. The van der Waals surface area contributed by atoms with E-state index in [0.29, 0.717) is 17.7 Å². The third kappa shape index (κ3) is 2.75. The Hall–Kier alpha value is -2.19. The largest absolute Gasteiger partial charge is 0.379 e. The van der Waals surface area contributed by atoms with E-state index >= 15 is 0 Å². The lowest BCUT2D eigenvalue weighted by molar-refractivity contribution is 0.182. The van der Waals surface area contributed by atoms with Gasteiger partial charge in [-0.15, -0.1) is 5.10 Å². The van der Waals surface area contributed by atoms with Crippen LogP contribution in [-0.2, 0) is 10.5 Å². The second-order valence-corrected chi connectivity index (χ2v) is 6.34. The molecule has 0 amide bonds. The number of nitrogens with zero attached hydrogens (tertiary/aromatic N) is 4. The van der Waals surface area contributed by atoms with Crippen molar-refractivity contribution in [1.82, 2.24) is 25.2 Å². The van der Waals surface area contributed by atoms with Gasteiger partial charge in [0.05, 0.1) is 12.6 Å². The molecule has 0 saturated carbocycles. The summed E-state index contributed by atoms with van der Waals surface area (Å²) in [5.74, 6) is 0.686. The summed E-state index contributed by atoms with van der Waals surface area (Å²) in [5.41, 5.74) is 0.990. The van der Waals surface area contributed by atoms with Gasteiger partial charge >= 0.3 is 0 Å². The van der Waals surface area contributed by atoms with Gasteiger partial charge in [-0.1, -0.05) is 30.0 Å². The zero-order chi connectivity index (χ0) is 15.6. The molecule has 2 aromatic heterocycles. The molecular weight excluding hydrogens is 314 g/mol. The molecule has 1 saturated heterocycles.